The van der Waals surface area contributed by atoms with Crippen LogP contribution in [0.4, 0.5) is 10.5 Å². The number of nitrogens with one attached hydrogen (secondary N) is 1. The molecule has 0 aliphatic carbocycles. The highest BCUT2D eigenvalue weighted by Gasteiger charge is 2.41. The van der Waals surface area contributed by atoms with Crippen LogP contribution in [0.2, 0.25) is 0 Å². The Kier molecular flexibility index (Phi) is 6.30. The average Bonchev–Trinajstić information content (AvgIpc) is 2.73. The minimum absolute atomic E-state index is 0.0564. The molecule has 3 aliphatic heterocycles. The van der Waals surface area contributed by atoms with Crippen molar-refractivity contribution in [2.45, 2.75) is 77.0 Å². The first-order valence-corrected chi connectivity index (χ1v) is 11.6. The molecule has 0 bridgehead atoms. The molecule has 0 radical (unpaired) electrons. The van der Waals surface area contributed by atoms with Gasteiger partial charge in [0.2, 0.25) is 5.91 Å². The number of amides is 2. The van der Waals surface area contributed by atoms with Crippen molar-refractivity contribution in [1.29, 1.82) is 0 Å². The fourth-order valence-electron chi connectivity index (χ4n) is 5.00. The summed E-state index contributed by atoms with van der Waals surface area (Å²) in [5.74, 6) is 1.04. The molecule has 3 heterocycles. The maximum atomic E-state index is 12.2. The van der Waals surface area contributed by atoms with E-state index in [1.54, 1.807) is 11.8 Å². The van der Waals surface area contributed by atoms with Gasteiger partial charge in [-0.3, -0.25) is 4.79 Å². The number of anilines is 1. The van der Waals surface area contributed by atoms with Crippen LogP contribution in [0.25, 0.3) is 0 Å². The average molecular weight is 430 g/mol. The summed E-state index contributed by atoms with van der Waals surface area (Å²) < 4.78 is 11.9. The summed E-state index contributed by atoms with van der Waals surface area (Å²) in [6, 6.07) is 6.84. The number of aryl methyl sites for hydroxylation is 1. The van der Waals surface area contributed by atoms with E-state index in [4.69, 9.17) is 9.47 Å². The lowest BCUT2D eigenvalue weighted by atomic mass is 9.83. The molecule has 4 rings (SSSR count). The number of fused-ring (bicyclic) bond motifs is 1. The molecule has 7 heteroatoms. The number of nitrogens with zero attached hydrogens (tertiary/aromatic N) is 2. The summed E-state index contributed by atoms with van der Waals surface area (Å²) in [6.45, 7) is 8.62. The molecular formula is C24H35N3O4. The quantitative estimate of drug-likeness (QED) is 0.796. The van der Waals surface area contributed by atoms with E-state index < -0.39 is 0 Å². The van der Waals surface area contributed by atoms with Crippen molar-refractivity contribution in [2.24, 2.45) is 0 Å². The molecule has 3 aliphatic rings. The first kappa shape index (κ1) is 21.8. The Hall–Kier alpha value is -2.44. The molecule has 2 amide bonds. The van der Waals surface area contributed by atoms with Gasteiger partial charge in [0, 0.05) is 57.7 Å². The third-order valence-electron chi connectivity index (χ3n) is 6.76. The van der Waals surface area contributed by atoms with Gasteiger partial charge in [-0.15, -0.1) is 0 Å². The van der Waals surface area contributed by atoms with Crippen LogP contribution in [-0.4, -0.2) is 60.8 Å². The Labute approximate surface area is 185 Å². The summed E-state index contributed by atoms with van der Waals surface area (Å²) in [6.07, 6.45) is 5.33. The number of hydrogen-bond donors (Lipinski definition) is 1. The summed E-state index contributed by atoms with van der Waals surface area (Å²) in [5.41, 5.74) is 2.35. The Bertz CT molecular complexity index is 809. The molecule has 1 aromatic rings. The SMILES string of the molecule is CC(=O)NC1CCN(c2ccc3c(c2)CCC2(CCN(C(=O)OC(C)C)CC2)O3)CC1. The van der Waals surface area contributed by atoms with Gasteiger partial charge < -0.3 is 24.6 Å². The van der Waals surface area contributed by atoms with Crippen molar-refractivity contribution >= 4 is 17.7 Å². The second-order valence-electron chi connectivity index (χ2n) is 9.46. The molecular weight excluding hydrogens is 394 g/mol. The minimum atomic E-state index is -0.215. The number of rotatable bonds is 3. The van der Waals surface area contributed by atoms with E-state index in [-0.39, 0.29) is 23.7 Å². The molecule has 1 aromatic carbocycles. The smallest absolute Gasteiger partial charge is 0.410 e. The van der Waals surface area contributed by atoms with Gasteiger partial charge in [0.25, 0.3) is 0 Å². The normalized spacial score (nSPS) is 20.9. The summed E-state index contributed by atoms with van der Waals surface area (Å²) in [4.78, 5) is 27.7. The maximum absolute atomic E-state index is 12.2. The van der Waals surface area contributed by atoms with E-state index in [0.29, 0.717) is 19.1 Å². The van der Waals surface area contributed by atoms with Gasteiger partial charge in [0.15, 0.2) is 0 Å². The number of piperidine rings is 2. The Morgan fingerprint density at radius 1 is 1.13 bits per heavy atom. The number of benzene rings is 1. The van der Waals surface area contributed by atoms with Gasteiger partial charge in [-0.1, -0.05) is 0 Å². The van der Waals surface area contributed by atoms with Crippen LogP contribution in [0.3, 0.4) is 0 Å². The predicted octanol–water partition coefficient (Wildman–Crippen LogP) is 3.50. The van der Waals surface area contributed by atoms with Crippen LogP contribution < -0.4 is 15.0 Å². The second-order valence-corrected chi connectivity index (χ2v) is 9.46. The highest BCUT2D eigenvalue weighted by molar-refractivity contribution is 5.73. The lowest BCUT2D eigenvalue weighted by Gasteiger charge is -2.44. The predicted molar refractivity (Wildman–Crippen MR) is 120 cm³/mol. The van der Waals surface area contributed by atoms with Crippen molar-refractivity contribution < 1.29 is 19.1 Å². The third-order valence-corrected chi connectivity index (χ3v) is 6.76. The summed E-state index contributed by atoms with van der Waals surface area (Å²) in [5, 5.41) is 3.04. The number of carbonyl (C=O) groups is 2. The Morgan fingerprint density at radius 3 is 2.48 bits per heavy atom. The Balaban J connectivity index is 1.34. The van der Waals surface area contributed by atoms with E-state index in [0.717, 1.165) is 57.4 Å². The fraction of sp³-hybridized carbons (Fsp3) is 0.667. The zero-order valence-corrected chi connectivity index (χ0v) is 19.0. The fourth-order valence-corrected chi connectivity index (χ4v) is 5.00. The van der Waals surface area contributed by atoms with Crippen molar-refractivity contribution in [1.82, 2.24) is 10.2 Å². The van der Waals surface area contributed by atoms with Crippen molar-refractivity contribution in [3.05, 3.63) is 23.8 Å². The second kappa shape index (κ2) is 8.97. The first-order chi connectivity index (χ1) is 14.8. The Morgan fingerprint density at radius 2 is 1.84 bits per heavy atom. The largest absolute Gasteiger partial charge is 0.487 e. The van der Waals surface area contributed by atoms with Crippen LogP contribution in [0.1, 0.15) is 58.4 Å². The van der Waals surface area contributed by atoms with Gasteiger partial charge in [-0.2, -0.15) is 0 Å². The molecule has 0 saturated carbocycles. The molecule has 2 fully saturated rings. The zero-order chi connectivity index (χ0) is 22.0. The van der Waals surface area contributed by atoms with Gasteiger partial charge >= 0.3 is 6.09 Å². The monoisotopic (exact) mass is 429 g/mol. The van der Waals surface area contributed by atoms with Crippen molar-refractivity contribution in [3.63, 3.8) is 0 Å². The van der Waals surface area contributed by atoms with E-state index in [1.807, 2.05) is 13.8 Å². The standard InChI is InChI=1S/C24H35N3O4/c1-17(2)30-23(29)27-14-10-24(11-15-27)9-6-19-16-21(4-5-22(19)31-24)26-12-7-20(8-13-26)25-18(3)28/h4-5,16-17,20H,6-15H2,1-3H3,(H,25,28). The van der Waals surface area contributed by atoms with E-state index >= 15 is 0 Å². The van der Waals surface area contributed by atoms with Gasteiger partial charge in [-0.05, 0) is 63.3 Å². The molecule has 1 N–H and O–H groups in total. The van der Waals surface area contributed by atoms with E-state index in [9.17, 15) is 9.59 Å². The number of ether oxygens (including phenoxy) is 2. The lowest BCUT2D eigenvalue weighted by molar-refractivity contribution is -0.119. The van der Waals surface area contributed by atoms with Gasteiger partial charge in [0.05, 0.1) is 6.10 Å². The first-order valence-electron chi connectivity index (χ1n) is 11.6. The number of likely N-dealkylation sites (tertiary alicyclic amines) is 1. The molecule has 7 nitrogen and oxygen atoms in total. The van der Waals surface area contributed by atoms with Gasteiger partial charge in [0.1, 0.15) is 11.4 Å². The molecule has 1 spiro atoms. The maximum Gasteiger partial charge on any atom is 0.410 e. The van der Waals surface area contributed by atoms with Gasteiger partial charge in [-0.25, -0.2) is 4.79 Å². The topological polar surface area (TPSA) is 71.1 Å². The minimum Gasteiger partial charge on any atom is -0.487 e. The van der Waals surface area contributed by atoms with Crippen molar-refractivity contribution in [3.8, 4) is 5.75 Å². The van der Waals surface area contributed by atoms with Crippen LogP contribution >= 0.6 is 0 Å². The van der Waals surface area contributed by atoms with Crippen LogP contribution in [0, 0.1) is 0 Å². The number of hydrogen-bond acceptors (Lipinski definition) is 5. The summed E-state index contributed by atoms with van der Waals surface area (Å²) in [7, 11) is 0. The van der Waals surface area contributed by atoms with E-state index in [2.05, 4.69) is 28.4 Å². The summed E-state index contributed by atoms with van der Waals surface area (Å²) >= 11 is 0. The number of carbonyl (C=O) groups excluding carboxylic acids is 2. The molecule has 0 aromatic heterocycles. The third kappa shape index (κ3) is 5.08. The highest BCUT2D eigenvalue weighted by atomic mass is 16.6. The van der Waals surface area contributed by atoms with Crippen LogP contribution in [0.5, 0.6) is 5.75 Å². The lowest BCUT2D eigenvalue weighted by Crippen LogP contribution is -2.51. The van der Waals surface area contributed by atoms with Crippen LogP contribution in [-0.2, 0) is 16.0 Å². The highest BCUT2D eigenvalue weighted by Crippen LogP contribution is 2.41. The molecule has 170 valence electrons. The van der Waals surface area contributed by atoms with E-state index in [1.165, 1.54) is 11.3 Å². The van der Waals surface area contributed by atoms with Crippen molar-refractivity contribution in [2.75, 3.05) is 31.1 Å². The molecule has 2 saturated heterocycles. The zero-order valence-electron chi connectivity index (χ0n) is 19.0. The molecule has 0 atom stereocenters. The van der Waals surface area contributed by atoms with Crippen LogP contribution in [0.15, 0.2) is 18.2 Å². The molecule has 0 unspecified atom stereocenters. The molecule has 31 heavy (non-hydrogen) atoms.